The number of aromatic nitrogens is 3. The molecule has 0 aliphatic heterocycles. The second-order valence-corrected chi connectivity index (χ2v) is 10.8. The molecule has 2 aromatic rings. The van der Waals surface area contributed by atoms with Crippen LogP contribution in [-0.4, -0.2) is 41.6 Å². The molecule has 2 rings (SSSR count). The van der Waals surface area contributed by atoms with Crippen molar-refractivity contribution < 1.29 is 14.6 Å². The number of thioether (sulfide) groups is 1. The lowest BCUT2D eigenvalue weighted by molar-refractivity contribution is 0.0748. The summed E-state index contributed by atoms with van der Waals surface area (Å²) in [5, 5.41) is 22.2. The van der Waals surface area contributed by atoms with Crippen LogP contribution in [0.15, 0.2) is 29.5 Å². The van der Waals surface area contributed by atoms with E-state index in [2.05, 4.69) is 36.1 Å². The van der Waals surface area contributed by atoms with Gasteiger partial charge in [0, 0.05) is 35.2 Å². The summed E-state index contributed by atoms with van der Waals surface area (Å²) in [6.07, 6.45) is 6.47. The largest absolute Gasteiger partial charge is 0.515 e. The minimum atomic E-state index is -0.819. The molecule has 0 fully saturated rings. The molecule has 0 spiro atoms. The summed E-state index contributed by atoms with van der Waals surface area (Å²) in [4.78, 5) is 9.30. The molecule has 0 saturated heterocycles. The number of nitrogens with one attached hydrogen (secondary N) is 1. The van der Waals surface area contributed by atoms with Crippen molar-refractivity contribution in [2.75, 3.05) is 11.9 Å². The SMILES string of the molecule is C/C(=C\n1c(-c2cc(F)nc(NCCC(C)(C)O)c2)cnc1/C=C/O)SC(C)(C)C. The summed E-state index contributed by atoms with van der Waals surface area (Å²) in [7, 11) is 0. The molecule has 0 aromatic carbocycles. The lowest BCUT2D eigenvalue weighted by Gasteiger charge is -2.18. The first-order valence-corrected chi connectivity index (χ1v) is 10.6. The maximum Gasteiger partial charge on any atom is 0.215 e. The second kappa shape index (κ2) is 9.66. The Kier molecular flexibility index (Phi) is 7.71. The van der Waals surface area contributed by atoms with E-state index in [1.54, 1.807) is 37.9 Å². The molecule has 0 bridgehead atoms. The van der Waals surface area contributed by atoms with Crippen molar-refractivity contribution in [3.05, 3.63) is 41.3 Å². The van der Waals surface area contributed by atoms with E-state index < -0.39 is 11.5 Å². The first-order valence-electron chi connectivity index (χ1n) is 9.77. The number of nitrogens with zero attached hydrogens (tertiary/aromatic N) is 3. The van der Waals surface area contributed by atoms with E-state index in [0.717, 1.165) is 11.2 Å². The van der Waals surface area contributed by atoms with E-state index in [4.69, 9.17) is 0 Å². The van der Waals surface area contributed by atoms with E-state index in [9.17, 15) is 14.6 Å². The quantitative estimate of drug-likeness (QED) is 0.374. The minimum Gasteiger partial charge on any atom is -0.515 e. The number of pyridine rings is 1. The van der Waals surface area contributed by atoms with Gasteiger partial charge in [0.1, 0.15) is 11.6 Å². The molecule has 0 radical (unpaired) electrons. The molecule has 3 N–H and O–H groups in total. The number of hydrogen-bond donors (Lipinski definition) is 3. The van der Waals surface area contributed by atoms with Crippen molar-refractivity contribution in [2.24, 2.45) is 0 Å². The van der Waals surface area contributed by atoms with Crippen LogP contribution >= 0.6 is 11.8 Å². The van der Waals surface area contributed by atoms with Gasteiger partial charge < -0.3 is 15.5 Å². The van der Waals surface area contributed by atoms with Gasteiger partial charge in [-0.2, -0.15) is 4.39 Å². The van der Waals surface area contributed by atoms with Gasteiger partial charge in [-0.25, -0.2) is 9.97 Å². The van der Waals surface area contributed by atoms with Crippen LogP contribution in [0.25, 0.3) is 23.5 Å². The molecule has 2 heterocycles. The van der Waals surface area contributed by atoms with Crippen LogP contribution in [0.1, 0.15) is 53.8 Å². The summed E-state index contributed by atoms with van der Waals surface area (Å²) in [5.41, 5.74) is 0.451. The summed E-state index contributed by atoms with van der Waals surface area (Å²) in [6, 6.07) is 3.09. The number of halogens is 1. The first-order chi connectivity index (χ1) is 13.9. The minimum absolute atomic E-state index is 0.0364. The molecule has 0 aliphatic carbocycles. The maximum absolute atomic E-state index is 14.2. The van der Waals surface area contributed by atoms with Crippen LogP contribution in [0.5, 0.6) is 0 Å². The molecular formula is C22H31FN4O2S. The van der Waals surface area contributed by atoms with Crippen molar-refractivity contribution in [3.63, 3.8) is 0 Å². The van der Waals surface area contributed by atoms with Crippen molar-refractivity contribution in [1.29, 1.82) is 0 Å². The smallest absolute Gasteiger partial charge is 0.215 e. The molecule has 8 heteroatoms. The Labute approximate surface area is 182 Å². The average molecular weight is 435 g/mol. The first kappa shape index (κ1) is 24.0. The second-order valence-electron chi connectivity index (χ2n) is 8.69. The molecule has 30 heavy (non-hydrogen) atoms. The molecule has 164 valence electrons. The zero-order valence-corrected chi connectivity index (χ0v) is 19.2. The van der Waals surface area contributed by atoms with E-state index in [1.165, 1.54) is 12.1 Å². The number of rotatable bonds is 8. The van der Waals surface area contributed by atoms with Gasteiger partial charge in [-0.1, -0.05) is 20.8 Å². The van der Waals surface area contributed by atoms with Crippen LogP contribution in [0.4, 0.5) is 10.2 Å². The zero-order valence-electron chi connectivity index (χ0n) is 18.4. The van der Waals surface area contributed by atoms with Gasteiger partial charge in [0.2, 0.25) is 5.95 Å². The predicted octanol–water partition coefficient (Wildman–Crippen LogP) is 5.54. The lowest BCUT2D eigenvalue weighted by Crippen LogP contribution is -2.22. The topological polar surface area (TPSA) is 83.2 Å². The molecule has 0 aliphatic rings. The van der Waals surface area contributed by atoms with Crippen molar-refractivity contribution in [3.8, 4) is 11.3 Å². The molecule has 0 atom stereocenters. The molecule has 0 amide bonds. The monoisotopic (exact) mass is 434 g/mol. The van der Waals surface area contributed by atoms with Gasteiger partial charge >= 0.3 is 0 Å². The fraction of sp³-hybridized carbons (Fsp3) is 0.455. The molecule has 0 saturated carbocycles. The predicted molar refractivity (Wildman–Crippen MR) is 124 cm³/mol. The number of aliphatic hydroxyl groups is 2. The Morgan fingerprint density at radius 1 is 1.27 bits per heavy atom. The number of allylic oxidation sites excluding steroid dienone is 1. The van der Waals surface area contributed by atoms with E-state index in [1.807, 2.05) is 17.7 Å². The fourth-order valence-electron chi connectivity index (χ4n) is 2.84. The molecule has 6 nitrogen and oxygen atoms in total. The number of imidazole rings is 1. The van der Waals surface area contributed by atoms with Crippen LogP contribution < -0.4 is 5.32 Å². The van der Waals surface area contributed by atoms with Gasteiger partial charge in [-0.05, 0) is 38.2 Å². The highest BCUT2D eigenvalue weighted by Crippen LogP contribution is 2.32. The van der Waals surface area contributed by atoms with Crippen molar-refractivity contribution in [1.82, 2.24) is 14.5 Å². The standard InChI is InChI=1S/C22H31FN4O2S/c1-15(30-21(2,3)4)14-27-17(13-25-20(27)7-10-28)16-11-18(23)26-19(12-16)24-9-8-22(5,6)29/h7,10-14,28-29H,8-9H2,1-6H3,(H,24,26)/b10-7+,15-14+. The van der Waals surface area contributed by atoms with Crippen LogP contribution in [0, 0.1) is 5.95 Å². The zero-order chi connectivity index (χ0) is 22.5. The number of hydrogen-bond acceptors (Lipinski definition) is 6. The number of anilines is 1. The van der Waals surface area contributed by atoms with Crippen molar-refractivity contribution >= 4 is 29.9 Å². The summed E-state index contributed by atoms with van der Waals surface area (Å²) in [6.45, 7) is 12.3. The van der Waals surface area contributed by atoms with E-state index in [0.29, 0.717) is 35.9 Å². The van der Waals surface area contributed by atoms with E-state index >= 15 is 0 Å². The Morgan fingerprint density at radius 2 is 1.97 bits per heavy atom. The van der Waals surface area contributed by atoms with Gasteiger partial charge in [0.25, 0.3) is 0 Å². The van der Waals surface area contributed by atoms with Crippen LogP contribution in [-0.2, 0) is 0 Å². The molecular weight excluding hydrogens is 403 g/mol. The summed E-state index contributed by atoms with van der Waals surface area (Å²) in [5.74, 6) is 0.288. The van der Waals surface area contributed by atoms with Crippen LogP contribution in [0.3, 0.4) is 0 Å². The third-order valence-electron chi connectivity index (χ3n) is 3.96. The summed E-state index contributed by atoms with van der Waals surface area (Å²) >= 11 is 1.71. The Morgan fingerprint density at radius 3 is 2.57 bits per heavy atom. The lowest BCUT2D eigenvalue weighted by atomic mass is 10.1. The van der Waals surface area contributed by atoms with Gasteiger partial charge in [-0.3, -0.25) is 4.57 Å². The highest BCUT2D eigenvalue weighted by atomic mass is 32.2. The van der Waals surface area contributed by atoms with Gasteiger partial charge in [0.05, 0.1) is 23.8 Å². The normalized spacial score (nSPS) is 13.3. The number of aliphatic hydroxyl groups excluding tert-OH is 1. The maximum atomic E-state index is 14.2. The highest BCUT2D eigenvalue weighted by Gasteiger charge is 2.16. The fourth-order valence-corrected chi connectivity index (χ4v) is 3.96. The van der Waals surface area contributed by atoms with Gasteiger partial charge in [0.15, 0.2) is 0 Å². The third kappa shape index (κ3) is 7.50. The average Bonchev–Trinajstić information content (AvgIpc) is 2.94. The third-order valence-corrected chi connectivity index (χ3v) is 5.00. The van der Waals surface area contributed by atoms with E-state index in [-0.39, 0.29) is 4.75 Å². The van der Waals surface area contributed by atoms with Crippen molar-refractivity contribution in [2.45, 2.75) is 58.3 Å². The Bertz CT molecular complexity index is 924. The molecule has 0 unspecified atom stereocenters. The van der Waals surface area contributed by atoms with Crippen LogP contribution in [0.2, 0.25) is 0 Å². The Hall–Kier alpha value is -2.32. The highest BCUT2D eigenvalue weighted by molar-refractivity contribution is 8.04. The summed E-state index contributed by atoms with van der Waals surface area (Å²) < 4.78 is 16.1. The molecule has 2 aromatic heterocycles. The van der Waals surface area contributed by atoms with Gasteiger partial charge in [-0.15, -0.1) is 11.8 Å². The Balaban J connectivity index is 2.42.